The molecule has 1 aromatic carbocycles. The lowest BCUT2D eigenvalue weighted by molar-refractivity contribution is 0.0240. The number of nitrogens with zero attached hydrogens (tertiary/aromatic N) is 5. The molecule has 1 amide bonds. The van der Waals surface area contributed by atoms with E-state index in [0.717, 1.165) is 50.8 Å². The molecule has 7 heteroatoms. The van der Waals surface area contributed by atoms with E-state index >= 15 is 0 Å². The molecule has 2 aliphatic heterocycles. The summed E-state index contributed by atoms with van der Waals surface area (Å²) in [6, 6.07) is 10.6. The standard InChI is InChI=1S/C23H31N5O2/c1-23(2,3)30-22(29)28-13-11-27(12-14-28)21-24-15-19-17-26(10-9-20(19)25-21)16-18-7-5-4-6-8-18/h4-8,15H,9-14,16-17H2,1-3H3. The van der Waals surface area contributed by atoms with Gasteiger partial charge in [-0.05, 0) is 26.3 Å². The highest BCUT2D eigenvalue weighted by Gasteiger charge is 2.27. The van der Waals surface area contributed by atoms with Crippen molar-refractivity contribution in [1.29, 1.82) is 0 Å². The molecule has 30 heavy (non-hydrogen) atoms. The quantitative estimate of drug-likeness (QED) is 0.776. The molecule has 0 aliphatic carbocycles. The molecule has 0 bridgehead atoms. The molecule has 1 saturated heterocycles. The average molecular weight is 410 g/mol. The Hall–Kier alpha value is -2.67. The van der Waals surface area contributed by atoms with Gasteiger partial charge < -0.3 is 14.5 Å². The van der Waals surface area contributed by atoms with Crippen molar-refractivity contribution >= 4 is 12.0 Å². The van der Waals surface area contributed by atoms with Crippen molar-refractivity contribution in [3.63, 3.8) is 0 Å². The number of carbonyl (C=O) groups excluding carboxylic acids is 1. The molecular weight excluding hydrogens is 378 g/mol. The molecule has 2 aliphatic rings. The molecule has 0 saturated carbocycles. The van der Waals surface area contributed by atoms with Crippen molar-refractivity contribution in [2.45, 2.75) is 45.9 Å². The van der Waals surface area contributed by atoms with Gasteiger partial charge in [-0.2, -0.15) is 0 Å². The highest BCUT2D eigenvalue weighted by atomic mass is 16.6. The van der Waals surface area contributed by atoms with E-state index in [2.05, 4.69) is 45.1 Å². The number of rotatable bonds is 3. The minimum Gasteiger partial charge on any atom is -0.444 e. The van der Waals surface area contributed by atoms with E-state index in [9.17, 15) is 4.79 Å². The zero-order valence-electron chi connectivity index (χ0n) is 18.2. The Labute approximate surface area is 178 Å². The monoisotopic (exact) mass is 409 g/mol. The third-order valence-electron chi connectivity index (χ3n) is 5.46. The molecule has 7 nitrogen and oxygen atoms in total. The van der Waals surface area contributed by atoms with Crippen LogP contribution in [0.3, 0.4) is 0 Å². The number of benzene rings is 1. The Morgan fingerprint density at radius 1 is 1.07 bits per heavy atom. The summed E-state index contributed by atoms with van der Waals surface area (Å²) in [7, 11) is 0. The van der Waals surface area contributed by atoms with Crippen molar-refractivity contribution in [1.82, 2.24) is 19.8 Å². The van der Waals surface area contributed by atoms with Gasteiger partial charge >= 0.3 is 6.09 Å². The maximum atomic E-state index is 12.3. The van der Waals surface area contributed by atoms with Crippen LogP contribution in [-0.2, 0) is 24.2 Å². The zero-order valence-corrected chi connectivity index (χ0v) is 18.2. The molecule has 1 fully saturated rings. The maximum absolute atomic E-state index is 12.3. The lowest BCUT2D eigenvalue weighted by atomic mass is 10.1. The van der Waals surface area contributed by atoms with E-state index < -0.39 is 5.60 Å². The first-order valence-corrected chi connectivity index (χ1v) is 10.7. The Morgan fingerprint density at radius 3 is 2.50 bits per heavy atom. The van der Waals surface area contributed by atoms with Crippen molar-refractivity contribution in [3.05, 3.63) is 53.3 Å². The van der Waals surface area contributed by atoms with Gasteiger partial charge in [0.2, 0.25) is 5.95 Å². The van der Waals surface area contributed by atoms with Crippen LogP contribution in [0.25, 0.3) is 0 Å². The topological polar surface area (TPSA) is 61.8 Å². The normalized spacial score (nSPS) is 17.6. The van der Waals surface area contributed by atoms with Crippen molar-refractivity contribution in [2.75, 3.05) is 37.6 Å². The molecule has 0 N–H and O–H groups in total. The van der Waals surface area contributed by atoms with Gasteiger partial charge in [0.05, 0.1) is 5.69 Å². The van der Waals surface area contributed by atoms with Crippen LogP contribution >= 0.6 is 0 Å². The summed E-state index contributed by atoms with van der Waals surface area (Å²) >= 11 is 0. The summed E-state index contributed by atoms with van der Waals surface area (Å²) in [6.07, 6.45) is 2.68. The second-order valence-electron chi connectivity index (χ2n) is 9.04. The Kier molecular flexibility index (Phi) is 5.90. The third kappa shape index (κ3) is 5.08. The summed E-state index contributed by atoms with van der Waals surface area (Å²) in [5.41, 5.74) is 3.23. The predicted molar refractivity (Wildman–Crippen MR) is 116 cm³/mol. The van der Waals surface area contributed by atoms with Gasteiger partial charge in [0.25, 0.3) is 0 Å². The van der Waals surface area contributed by atoms with Crippen LogP contribution in [0.4, 0.5) is 10.7 Å². The van der Waals surface area contributed by atoms with Crippen LogP contribution in [0.5, 0.6) is 0 Å². The highest BCUT2D eigenvalue weighted by Crippen LogP contribution is 2.22. The van der Waals surface area contributed by atoms with Crippen molar-refractivity contribution < 1.29 is 9.53 Å². The number of hydrogen-bond acceptors (Lipinski definition) is 6. The first-order valence-electron chi connectivity index (χ1n) is 10.7. The van der Waals surface area contributed by atoms with Crippen molar-refractivity contribution in [3.8, 4) is 0 Å². The molecule has 0 radical (unpaired) electrons. The molecule has 4 rings (SSSR count). The third-order valence-corrected chi connectivity index (χ3v) is 5.46. The molecule has 2 aromatic rings. The minimum atomic E-state index is -0.468. The summed E-state index contributed by atoms with van der Waals surface area (Å²) in [5.74, 6) is 0.772. The first kappa shape index (κ1) is 20.6. The molecule has 0 unspecified atom stereocenters. The molecule has 3 heterocycles. The number of amides is 1. The van der Waals surface area contributed by atoms with Crippen LogP contribution < -0.4 is 4.90 Å². The summed E-state index contributed by atoms with van der Waals surface area (Å²) in [5, 5.41) is 0. The van der Waals surface area contributed by atoms with E-state index in [1.165, 1.54) is 11.1 Å². The number of carbonyl (C=O) groups is 1. The van der Waals surface area contributed by atoms with Gasteiger partial charge in [-0.3, -0.25) is 4.90 Å². The second-order valence-corrected chi connectivity index (χ2v) is 9.04. The lowest BCUT2D eigenvalue weighted by Gasteiger charge is -2.36. The zero-order chi connectivity index (χ0) is 21.1. The van der Waals surface area contributed by atoms with Crippen LogP contribution in [0.1, 0.15) is 37.6 Å². The highest BCUT2D eigenvalue weighted by molar-refractivity contribution is 5.68. The average Bonchev–Trinajstić information content (AvgIpc) is 2.73. The van der Waals surface area contributed by atoms with E-state index in [-0.39, 0.29) is 6.09 Å². The Balaban J connectivity index is 1.34. The number of piperazine rings is 1. The van der Waals surface area contributed by atoms with Crippen LogP contribution in [0.15, 0.2) is 36.5 Å². The van der Waals surface area contributed by atoms with E-state index in [1.54, 1.807) is 4.90 Å². The van der Waals surface area contributed by atoms with Gasteiger partial charge in [-0.1, -0.05) is 30.3 Å². The van der Waals surface area contributed by atoms with E-state index in [4.69, 9.17) is 9.72 Å². The van der Waals surface area contributed by atoms with Gasteiger partial charge in [0.1, 0.15) is 5.60 Å². The maximum Gasteiger partial charge on any atom is 0.410 e. The van der Waals surface area contributed by atoms with E-state index in [0.29, 0.717) is 13.1 Å². The van der Waals surface area contributed by atoms with Gasteiger partial charge in [-0.15, -0.1) is 0 Å². The fraction of sp³-hybridized carbons (Fsp3) is 0.522. The van der Waals surface area contributed by atoms with Crippen LogP contribution in [-0.4, -0.2) is 64.2 Å². The van der Waals surface area contributed by atoms with Crippen LogP contribution in [0.2, 0.25) is 0 Å². The number of fused-ring (bicyclic) bond motifs is 1. The lowest BCUT2D eigenvalue weighted by Crippen LogP contribution is -2.50. The van der Waals surface area contributed by atoms with Crippen molar-refractivity contribution in [2.24, 2.45) is 0 Å². The van der Waals surface area contributed by atoms with Gasteiger partial charge in [0.15, 0.2) is 0 Å². The fourth-order valence-corrected chi connectivity index (χ4v) is 3.91. The Morgan fingerprint density at radius 2 is 1.80 bits per heavy atom. The largest absolute Gasteiger partial charge is 0.444 e. The van der Waals surface area contributed by atoms with Crippen LogP contribution in [0, 0.1) is 0 Å². The first-order chi connectivity index (χ1) is 14.4. The molecular formula is C23H31N5O2. The molecule has 160 valence electrons. The summed E-state index contributed by atoms with van der Waals surface area (Å²) in [6.45, 7) is 11.2. The molecule has 0 spiro atoms. The molecule has 0 atom stereocenters. The van der Waals surface area contributed by atoms with Gasteiger partial charge in [-0.25, -0.2) is 14.8 Å². The Bertz CT molecular complexity index is 873. The second kappa shape index (κ2) is 8.60. The van der Waals surface area contributed by atoms with Gasteiger partial charge in [0, 0.05) is 64.0 Å². The SMILES string of the molecule is CC(C)(C)OC(=O)N1CCN(c2ncc3c(n2)CCN(Cc2ccccc2)C3)CC1. The number of hydrogen-bond donors (Lipinski definition) is 0. The number of aromatic nitrogens is 2. The summed E-state index contributed by atoms with van der Waals surface area (Å²) in [4.78, 5) is 28.1. The molecule has 1 aromatic heterocycles. The summed E-state index contributed by atoms with van der Waals surface area (Å²) < 4.78 is 5.48. The number of ether oxygens (including phenoxy) is 1. The minimum absolute atomic E-state index is 0.244. The smallest absolute Gasteiger partial charge is 0.410 e. The van der Waals surface area contributed by atoms with E-state index in [1.807, 2.05) is 27.0 Å². The number of anilines is 1. The fourth-order valence-electron chi connectivity index (χ4n) is 3.91. The predicted octanol–water partition coefficient (Wildman–Crippen LogP) is 3.09.